The lowest BCUT2D eigenvalue weighted by Gasteiger charge is -2.19. The maximum absolute atomic E-state index is 12.0. The van der Waals surface area contributed by atoms with Crippen LogP contribution in [-0.2, 0) is 5.41 Å². The van der Waals surface area contributed by atoms with E-state index in [0.717, 1.165) is 22.6 Å². The maximum Gasteiger partial charge on any atom is 0.267 e. The van der Waals surface area contributed by atoms with Gasteiger partial charge in [-0.1, -0.05) is 80.9 Å². The molecule has 0 bridgehead atoms. The van der Waals surface area contributed by atoms with E-state index in [1.165, 1.54) is 5.56 Å². The number of para-hydroxylation sites is 1. The van der Waals surface area contributed by atoms with Gasteiger partial charge in [-0.3, -0.25) is 4.79 Å². The molecular weight excluding hydrogens is 382 g/mol. The van der Waals surface area contributed by atoms with Crippen molar-refractivity contribution in [3.63, 3.8) is 0 Å². The third-order valence-electron chi connectivity index (χ3n) is 4.69. The number of halogens is 1. The summed E-state index contributed by atoms with van der Waals surface area (Å²) in [6, 6.07) is 21.7. The number of rotatable bonds is 6. The number of hydrogen-bond acceptors (Lipinski definition) is 2. The Labute approximate surface area is 177 Å². The summed E-state index contributed by atoms with van der Waals surface area (Å²) >= 11 is 5.91. The molecule has 2 aromatic carbocycles. The summed E-state index contributed by atoms with van der Waals surface area (Å²) in [4.78, 5) is 14.9. The lowest BCUT2D eigenvalue weighted by Crippen LogP contribution is -2.11. The van der Waals surface area contributed by atoms with Gasteiger partial charge >= 0.3 is 0 Å². The van der Waals surface area contributed by atoms with Crippen LogP contribution in [0.25, 0.3) is 5.57 Å². The highest BCUT2D eigenvalue weighted by molar-refractivity contribution is 6.30. The Balaban J connectivity index is 1.87. The fraction of sp³-hybridized carbons (Fsp3) is 0.240. The van der Waals surface area contributed by atoms with E-state index in [2.05, 4.69) is 56.1 Å². The number of H-pyrrole nitrogens is 1. The average molecular weight is 408 g/mol. The van der Waals surface area contributed by atoms with Gasteiger partial charge in [-0.25, -0.2) is 0 Å². The average Bonchev–Trinajstić information content (AvgIpc) is 2.71. The number of ether oxygens (including phenoxy) is 1. The van der Waals surface area contributed by atoms with E-state index in [1.807, 2.05) is 36.4 Å². The molecule has 0 amide bonds. The fourth-order valence-corrected chi connectivity index (χ4v) is 3.15. The van der Waals surface area contributed by atoms with E-state index in [4.69, 9.17) is 16.3 Å². The molecule has 150 valence electrons. The van der Waals surface area contributed by atoms with E-state index >= 15 is 0 Å². The minimum atomic E-state index is -0.290. The van der Waals surface area contributed by atoms with E-state index in [-0.39, 0.29) is 16.0 Å². The molecule has 3 rings (SSSR count). The standard InChI is InChI=1S/C25H26ClNO2/c1-25(2,3)19-13-11-18(12-14-19)21(23-16-15-22(26)24(28)27-23)10-7-17-29-20-8-5-4-6-9-20/h4-6,8-16H,7,17H2,1-3H3,(H,27,28). The Morgan fingerprint density at radius 3 is 2.31 bits per heavy atom. The molecule has 4 heteroatoms. The molecule has 0 aliphatic rings. The topological polar surface area (TPSA) is 42.1 Å². The van der Waals surface area contributed by atoms with Gasteiger partial charge in [0.15, 0.2) is 0 Å². The van der Waals surface area contributed by atoms with Crippen molar-refractivity contribution in [3.05, 3.63) is 105 Å². The van der Waals surface area contributed by atoms with Crippen LogP contribution in [0.15, 0.2) is 77.6 Å². The molecule has 29 heavy (non-hydrogen) atoms. The van der Waals surface area contributed by atoms with Gasteiger partial charge in [0.2, 0.25) is 0 Å². The van der Waals surface area contributed by atoms with E-state index in [0.29, 0.717) is 13.0 Å². The zero-order chi connectivity index (χ0) is 20.9. The van der Waals surface area contributed by atoms with Crippen LogP contribution in [0.5, 0.6) is 5.75 Å². The summed E-state index contributed by atoms with van der Waals surface area (Å²) < 4.78 is 5.80. The lowest BCUT2D eigenvalue weighted by molar-refractivity contribution is 0.325. The second-order valence-electron chi connectivity index (χ2n) is 7.94. The molecule has 3 aromatic rings. The number of pyridine rings is 1. The van der Waals surface area contributed by atoms with Crippen molar-refractivity contribution >= 4 is 17.2 Å². The first-order valence-corrected chi connectivity index (χ1v) is 10.1. The van der Waals surface area contributed by atoms with Crippen LogP contribution in [-0.4, -0.2) is 11.6 Å². The zero-order valence-electron chi connectivity index (χ0n) is 17.0. The molecule has 0 aliphatic carbocycles. The summed E-state index contributed by atoms with van der Waals surface area (Å²) in [6.45, 7) is 7.12. The van der Waals surface area contributed by atoms with Gasteiger partial charge in [0, 0.05) is 17.7 Å². The molecule has 0 aliphatic heterocycles. The van der Waals surface area contributed by atoms with Crippen LogP contribution < -0.4 is 10.3 Å². The summed E-state index contributed by atoms with van der Waals surface area (Å²) in [5.41, 5.74) is 3.79. The predicted octanol–water partition coefficient (Wildman–Crippen LogP) is 6.23. The van der Waals surface area contributed by atoms with E-state index in [9.17, 15) is 4.79 Å². The molecule has 0 spiro atoms. The van der Waals surface area contributed by atoms with E-state index in [1.54, 1.807) is 6.07 Å². The van der Waals surface area contributed by atoms with Gasteiger partial charge < -0.3 is 9.72 Å². The first-order valence-electron chi connectivity index (χ1n) is 9.73. The van der Waals surface area contributed by atoms with Crippen molar-refractivity contribution in [2.24, 2.45) is 0 Å². The molecule has 0 unspecified atom stereocenters. The maximum atomic E-state index is 12.0. The summed E-state index contributed by atoms with van der Waals surface area (Å²) in [6.07, 6.45) is 2.80. The second kappa shape index (κ2) is 9.15. The predicted molar refractivity (Wildman–Crippen MR) is 121 cm³/mol. The number of aromatic amines is 1. The minimum Gasteiger partial charge on any atom is -0.493 e. The van der Waals surface area contributed by atoms with Gasteiger partial charge in [-0.15, -0.1) is 0 Å². The Kier molecular flexibility index (Phi) is 6.60. The van der Waals surface area contributed by atoms with Crippen molar-refractivity contribution in [3.8, 4) is 5.75 Å². The first kappa shape index (κ1) is 20.9. The van der Waals surface area contributed by atoms with Crippen molar-refractivity contribution < 1.29 is 4.74 Å². The van der Waals surface area contributed by atoms with Crippen LogP contribution in [0, 0.1) is 0 Å². The minimum absolute atomic E-state index is 0.0838. The fourth-order valence-electron chi connectivity index (χ4n) is 3.04. The lowest BCUT2D eigenvalue weighted by atomic mass is 9.86. The Bertz CT molecular complexity index is 1030. The third kappa shape index (κ3) is 5.61. The number of aromatic nitrogens is 1. The smallest absolute Gasteiger partial charge is 0.267 e. The molecule has 3 nitrogen and oxygen atoms in total. The highest BCUT2D eigenvalue weighted by Gasteiger charge is 2.14. The zero-order valence-corrected chi connectivity index (χ0v) is 17.8. The SMILES string of the molecule is CC(C)(C)c1ccc(C(=CCCOc2ccccc2)c2ccc(Cl)c(=O)[nH]2)cc1. The summed E-state index contributed by atoms with van der Waals surface area (Å²) in [7, 11) is 0. The molecule has 0 fully saturated rings. The molecule has 1 N–H and O–H groups in total. The van der Waals surface area contributed by atoms with Gasteiger partial charge in [0.1, 0.15) is 10.8 Å². The Hall–Kier alpha value is -2.78. The number of benzene rings is 2. The highest BCUT2D eigenvalue weighted by atomic mass is 35.5. The highest BCUT2D eigenvalue weighted by Crippen LogP contribution is 2.27. The number of nitrogens with one attached hydrogen (secondary N) is 1. The van der Waals surface area contributed by atoms with Gasteiger partial charge in [-0.2, -0.15) is 0 Å². The quantitative estimate of drug-likeness (QED) is 0.492. The van der Waals surface area contributed by atoms with Crippen molar-refractivity contribution in [2.45, 2.75) is 32.6 Å². The van der Waals surface area contributed by atoms with E-state index < -0.39 is 0 Å². The summed E-state index contributed by atoms with van der Waals surface area (Å²) in [5.74, 6) is 0.844. The van der Waals surface area contributed by atoms with Crippen molar-refractivity contribution in [1.29, 1.82) is 0 Å². The van der Waals surface area contributed by atoms with Gasteiger partial charge in [-0.05, 0) is 40.8 Å². The van der Waals surface area contributed by atoms with Gasteiger partial charge in [0.25, 0.3) is 5.56 Å². The van der Waals surface area contributed by atoms with Crippen LogP contribution in [0.3, 0.4) is 0 Å². The molecule has 1 heterocycles. The third-order valence-corrected chi connectivity index (χ3v) is 4.99. The largest absolute Gasteiger partial charge is 0.493 e. The van der Waals surface area contributed by atoms with Crippen LogP contribution in [0.2, 0.25) is 5.02 Å². The molecule has 1 aromatic heterocycles. The Morgan fingerprint density at radius 2 is 1.69 bits per heavy atom. The van der Waals surface area contributed by atoms with Crippen LogP contribution >= 0.6 is 11.6 Å². The normalized spacial score (nSPS) is 12.1. The van der Waals surface area contributed by atoms with Crippen molar-refractivity contribution in [1.82, 2.24) is 4.98 Å². The second-order valence-corrected chi connectivity index (χ2v) is 8.35. The van der Waals surface area contributed by atoms with Gasteiger partial charge in [0.05, 0.1) is 6.61 Å². The first-order chi connectivity index (χ1) is 13.8. The monoisotopic (exact) mass is 407 g/mol. The summed E-state index contributed by atoms with van der Waals surface area (Å²) in [5, 5.41) is 0.184. The molecular formula is C25H26ClNO2. The van der Waals surface area contributed by atoms with Crippen LogP contribution in [0.4, 0.5) is 0 Å². The van der Waals surface area contributed by atoms with Crippen molar-refractivity contribution in [2.75, 3.05) is 6.61 Å². The Morgan fingerprint density at radius 1 is 1.00 bits per heavy atom. The molecule has 0 saturated carbocycles. The number of hydrogen-bond donors (Lipinski definition) is 1. The molecule has 0 atom stereocenters. The molecule has 0 saturated heterocycles. The molecule has 0 radical (unpaired) electrons. The van der Waals surface area contributed by atoms with Crippen LogP contribution in [0.1, 0.15) is 44.0 Å².